The SMILES string of the molecule is Clc1c(Cl)c(C=NNc2ccccc2)c(Cl)c(Cl)c1C=NNc1ccccc1. The van der Waals surface area contributed by atoms with E-state index >= 15 is 0 Å². The second kappa shape index (κ2) is 9.80. The van der Waals surface area contributed by atoms with Crippen LogP contribution in [0, 0.1) is 0 Å². The van der Waals surface area contributed by atoms with Crippen LogP contribution in [0.2, 0.25) is 20.1 Å². The van der Waals surface area contributed by atoms with Gasteiger partial charge in [0.25, 0.3) is 0 Å². The van der Waals surface area contributed by atoms with Crippen LogP contribution in [0.25, 0.3) is 0 Å². The third-order valence-corrected chi connectivity index (χ3v) is 5.42. The zero-order chi connectivity index (χ0) is 19.9. The van der Waals surface area contributed by atoms with Crippen LogP contribution in [-0.2, 0) is 0 Å². The first-order valence-electron chi connectivity index (χ1n) is 8.12. The molecule has 0 aromatic heterocycles. The van der Waals surface area contributed by atoms with Crippen molar-refractivity contribution in [1.29, 1.82) is 0 Å². The van der Waals surface area contributed by atoms with Gasteiger partial charge < -0.3 is 0 Å². The van der Waals surface area contributed by atoms with Gasteiger partial charge >= 0.3 is 0 Å². The van der Waals surface area contributed by atoms with Crippen LogP contribution in [0.5, 0.6) is 0 Å². The summed E-state index contributed by atoms with van der Waals surface area (Å²) in [6.07, 6.45) is 2.94. The molecule has 0 unspecified atom stereocenters. The van der Waals surface area contributed by atoms with Crippen molar-refractivity contribution in [3.63, 3.8) is 0 Å². The van der Waals surface area contributed by atoms with E-state index in [1.165, 1.54) is 12.4 Å². The fourth-order valence-corrected chi connectivity index (χ4v) is 3.34. The molecule has 0 fully saturated rings. The van der Waals surface area contributed by atoms with E-state index in [1.807, 2.05) is 60.7 Å². The largest absolute Gasteiger partial charge is 0.279 e. The quantitative estimate of drug-likeness (QED) is 0.236. The van der Waals surface area contributed by atoms with Crippen LogP contribution < -0.4 is 10.9 Å². The topological polar surface area (TPSA) is 48.8 Å². The monoisotopic (exact) mass is 450 g/mol. The second-order valence-electron chi connectivity index (χ2n) is 5.56. The molecule has 4 nitrogen and oxygen atoms in total. The molecule has 0 heterocycles. The first-order valence-corrected chi connectivity index (χ1v) is 9.63. The van der Waals surface area contributed by atoms with Crippen molar-refractivity contribution in [3.05, 3.63) is 91.9 Å². The van der Waals surface area contributed by atoms with Crippen molar-refractivity contribution in [2.24, 2.45) is 10.2 Å². The fraction of sp³-hybridized carbons (Fsp3) is 0. The van der Waals surface area contributed by atoms with E-state index in [1.54, 1.807) is 0 Å². The van der Waals surface area contributed by atoms with E-state index in [9.17, 15) is 0 Å². The molecule has 8 heteroatoms. The highest BCUT2D eigenvalue weighted by atomic mass is 35.5. The maximum atomic E-state index is 6.38. The number of nitrogens with zero attached hydrogens (tertiary/aromatic N) is 2. The van der Waals surface area contributed by atoms with Gasteiger partial charge in [-0.3, -0.25) is 10.9 Å². The Morgan fingerprint density at radius 1 is 0.536 bits per heavy atom. The minimum Gasteiger partial charge on any atom is -0.279 e. The summed E-state index contributed by atoms with van der Waals surface area (Å²) in [5.41, 5.74) is 8.23. The highest BCUT2D eigenvalue weighted by molar-refractivity contribution is 6.51. The number of anilines is 2. The van der Waals surface area contributed by atoms with Gasteiger partial charge in [0.2, 0.25) is 0 Å². The molecule has 0 aliphatic heterocycles. The van der Waals surface area contributed by atoms with Crippen molar-refractivity contribution in [3.8, 4) is 0 Å². The summed E-state index contributed by atoms with van der Waals surface area (Å²) >= 11 is 25.5. The van der Waals surface area contributed by atoms with Crippen LogP contribution >= 0.6 is 46.4 Å². The van der Waals surface area contributed by atoms with E-state index in [0.717, 1.165) is 11.4 Å². The van der Waals surface area contributed by atoms with E-state index in [2.05, 4.69) is 21.1 Å². The number of hydrogen-bond donors (Lipinski definition) is 2. The Bertz CT molecular complexity index is 894. The van der Waals surface area contributed by atoms with Gasteiger partial charge in [-0.05, 0) is 24.3 Å². The average molecular weight is 452 g/mol. The molecule has 28 heavy (non-hydrogen) atoms. The normalized spacial score (nSPS) is 11.3. The van der Waals surface area contributed by atoms with E-state index in [0.29, 0.717) is 11.1 Å². The molecule has 2 N–H and O–H groups in total. The number of rotatable bonds is 6. The van der Waals surface area contributed by atoms with Gasteiger partial charge in [-0.15, -0.1) is 0 Å². The van der Waals surface area contributed by atoms with E-state index < -0.39 is 0 Å². The van der Waals surface area contributed by atoms with Gasteiger partial charge in [-0.2, -0.15) is 10.2 Å². The molecule has 3 rings (SSSR count). The molecule has 3 aromatic rings. The van der Waals surface area contributed by atoms with Crippen LogP contribution in [0.4, 0.5) is 11.4 Å². The molecule has 0 saturated heterocycles. The van der Waals surface area contributed by atoms with Gasteiger partial charge in [0.15, 0.2) is 0 Å². The van der Waals surface area contributed by atoms with Crippen LogP contribution in [0.1, 0.15) is 11.1 Å². The summed E-state index contributed by atoms with van der Waals surface area (Å²) in [5.74, 6) is 0. The Balaban J connectivity index is 1.82. The van der Waals surface area contributed by atoms with Crippen LogP contribution in [-0.4, -0.2) is 12.4 Å². The lowest BCUT2D eigenvalue weighted by Gasteiger charge is -2.11. The summed E-state index contributed by atoms with van der Waals surface area (Å²) in [6, 6.07) is 18.9. The molecular formula is C20H14Cl4N4. The second-order valence-corrected chi connectivity index (χ2v) is 7.07. The summed E-state index contributed by atoms with van der Waals surface area (Å²) in [5, 5.41) is 9.21. The predicted molar refractivity (Wildman–Crippen MR) is 122 cm³/mol. The first-order chi connectivity index (χ1) is 13.6. The van der Waals surface area contributed by atoms with E-state index in [4.69, 9.17) is 46.4 Å². The van der Waals surface area contributed by atoms with Gasteiger partial charge in [0.05, 0.1) is 43.9 Å². The minimum atomic E-state index is 0.232. The Hall–Kier alpha value is -2.24. The molecule has 0 bridgehead atoms. The van der Waals surface area contributed by atoms with Crippen molar-refractivity contribution >= 4 is 70.2 Å². The van der Waals surface area contributed by atoms with Crippen LogP contribution in [0.3, 0.4) is 0 Å². The highest BCUT2D eigenvalue weighted by Gasteiger charge is 2.18. The fourth-order valence-electron chi connectivity index (χ4n) is 2.26. The molecular weight excluding hydrogens is 438 g/mol. The number of benzene rings is 3. The predicted octanol–water partition coefficient (Wildman–Crippen LogP) is 7.19. The zero-order valence-electron chi connectivity index (χ0n) is 14.3. The molecule has 0 amide bonds. The van der Waals surface area contributed by atoms with Crippen molar-refractivity contribution in [2.75, 3.05) is 10.9 Å². The summed E-state index contributed by atoms with van der Waals surface area (Å²) in [4.78, 5) is 0. The lowest BCUT2D eigenvalue weighted by molar-refractivity contribution is 1.34. The number of halogens is 4. The van der Waals surface area contributed by atoms with E-state index in [-0.39, 0.29) is 20.1 Å². The molecule has 142 valence electrons. The minimum absolute atomic E-state index is 0.232. The Labute approximate surface area is 182 Å². The Morgan fingerprint density at radius 2 is 0.857 bits per heavy atom. The number of hydrazone groups is 2. The van der Waals surface area contributed by atoms with Crippen molar-refractivity contribution in [2.45, 2.75) is 0 Å². The Morgan fingerprint density at radius 3 is 1.18 bits per heavy atom. The smallest absolute Gasteiger partial charge is 0.0703 e. The Kier molecular flexibility index (Phi) is 7.18. The summed E-state index contributed by atoms with van der Waals surface area (Å²) in [7, 11) is 0. The molecule has 0 spiro atoms. The summed E-state index contributed by atoms with van der Waals surface area (Å²) < 4.78 is 0. The highest BCUT2D eigenvalue weighted by Crippen LogP contribution is 2.39. The van der Waals surface area contributed by atoms with Gasteiger partial charge in [-0.25, -0.2) is 0 Å². The maximum Gasteiger partial charge on any atom is 0.0703 e. The molecule has 0 atom stereocenters. The third-order valence-electron chi connectivity index (χ3n) is 3.65. The average Bonchev–Trinajstić information content (AvgIpc) is 2.73. The van der Waals surface area contributed by atoms with Gasteiger partial charge in [-0.1, -0.05) is 82.8 Å². The van der Waals surface area contributed by atoms with Gasteiger partial charge in [0.1, 0.15) is 0 Å². The van der Waals surface area contributed by atoms with Crippen molar-refractivity contribution < 1.29 is 0 Å². The standard InChI is InChI=1S/C20H14Cl4N4/c21-17-15(11-25-27-13-7-3-1-4-8-13)18(22)20(24)16(19(17)23)12-26-28-14-9-5-2-6-10-14/h1-12,27-28H. The summed E-state index contributed by atoms with van der Waals surface area (Å²) in [6.45, 7) is 0. The maximum absolute atomic E-state index is 6.38. The lowest BCUT2D eigenvalue weighted by Crippen LogP contribution is -1.98. The van der Waals surface area contributed by atoms with Crippen molar-refractivity contribution in [1.82, 2.24) is 0 Å². The molecule has 0 aliphatic rings. The van der Waals surface area contributed by atoms with Gasteiger partial charge in [0, 0.05) is 11.1 Å². The molecule has 0 radical (unpaired) electrons. The number of para-hydroxylation sites is 2. The molecule has 0 saturated carbocycles. The number of nitrogens with one attached hydrogen (secondary N) is 2. The number of hydrogen-bond acceptors (Lipinski definition) is 4. The third kappa shape index (κ3) is 4.97. The molecule has 3 aromatic carbocycles. The lowest BCUT2D eigenvalue weighted by atomic mass is 10.1. The zero-order valence-corrected chi connectivity index (χ0v) is 17.4. The first kappa shape index (κ1) is 20.5. The molecule has 0 aliphatic carbocycles. The van der Waals surface area contributed by atoms with Crippen LogP contribution in [0.15, 0.2) is 70.9 Å².